The second-order valence-corrected chi connectivity index (χ2v) is 5.11. The van der Waals surface area contributed by atoms with Crippen molar-refractivity contribution in [1.82, 2.24) is 20.9 Å². The zero-order valence-electron chi connectivity index (χ0n) is 12.0. The van der Waals surface area contributed by atoms with Crippen LogP contribution in [-0.2, 0) is 0 Å². The van der Waals surface area contributed by atoms with Gasteiger partial charge in [0.25, 0.3) is 5.91 Å². The summed E-state index contributed by atoms with van der Waals surface area (Å²) in [6.45, 7) is 4.92. The second-order valence-electron chi connectivity index (χ2n) is 5.11. The molecular weight excluding hydrogens is 266 g/mol. The number of amides is 1. The topological polar surface area (TPSA) is 81.3 Å². The number of nitrogens with one attached hydrogen (secondary N) is 4. The molecule has 0 unspecified atom stereocenters. The van der Waals surface area contributed by atoms with Gasteiger partial charge in [-0.15, -0.1) is 0 Å². The minimum Gasteiger partial charge on any atom is -0.355 e. The first kappa shape index (κ1) is 13.5. The summed E-state index contributed by atoms with van der Waals surface area (Å²) in [6, 6.07) is 7.97. The van der Waals surface area contributed by atoms with Crippen LogP contribution in [0.15, 0.2) is 29.3 Å². The number of aryl methyl sites for hydroxylation is 1. The summed E-state index contributed by atoms with van der Waals surface area (Å²) < 4.78 is 0. The molecule has 0 spiro atoms. The summed E-state index contributed by atoms with van der Waals surface area (Å²) in [6.07, 6.45) is 0. The quantitative estimate of drug-likeness (QED) is 0.626. The number of fused-ring (bicyclic) bond motifs is 1. The number of benzene rings is 1. The van der Waals surface area contributed by atoms with Crippen LogP contribution >= 0.6 is 0 Å². The Hall–Kier alpha value is -2.50. The molecule has 110 valence electrons. The van der Waals surface area contributed by atoms with Gasteiger partial charge in [0.1, 0.15) is 5.69 Å². The highest BCUT2D eigenvalue weighted by atomic mass is 16.1. The Morgan fingerprint density at radius 2 is 2.24 bits per heavy atom. The minimum absolute atomic E-state index is 0.0908. The van der Waals surface area contributed by atoms with E-state index in [9.17, 15) is 4.79 Å². The lowest BCUT2D eigenvalue weighted by atomic mass is 10.2. The van der Waals surface area contributed by atoms with Gasteiger partial charge in [0.2, 0.25) is 0 Å². The van der Waals surface area contributed by atoms with Gasteiger partial charge in [-0.1, -0.05) is 12.1 Å². The maximum Gasteiger partial charge on any atom is 0.267 e. The molecule has 6 nitrogen and oxygen atoms in total. The largest absolute Gasteiger partial charge is 0.355 e. The van der Waals surface area contributed by atoms with Crippen LogP contribution in [0.25, 0.3) is 10.9 Å². The zero-order chi connectivity index (χ0) is 14.7. The van der Waals surface area contributed by atoms with Gasteiger partial charge in [-0.25, -0.2) is 0 Å². The fourth-order valence-corrected chi connectivity index (χ4v) is 2.33. The highest BCUT2D eigenvalue weighted by Crippen LogP contribution is 2.16. The molecule has 1 amide bonds. The molecule has 1 aliphatic heterocycles. The average Bonchev–Trinajstić information content (AvgIpc) is 3.11. The van der Waals surface area contributed by atoms with Crippen molar-refractivity contribution in [3.8, 4) is 0 Å². The molecule has 0 aliphatic carbocycles. The fraction of sp³-hybridized carbons (Fsp3) is 0.333. The highest BCUT2D eigenvalue weighted by molar-refractivity contribution is 5.98. The molecule has 21 heavy (non-hydrogen) atoms. The number of rotatable bonds is 4. The van der Waals surface area contributed by atoms with Gasteiger partial charge in [-0.3, -0.25) is 9.79 Å². The van der Waals surface area contributed by atoms with Crippen molar-refractivity contribution in [2.75, 3.05) is 26.2 Å². The van der Waals surface area contributed by atoms with Gasteiger partial charge in [0.05, 0.1) is 6.54 Å². The van der Waals surface area contributed by atoms with Crippen molar-refractivity contribution >= 4 is 22.8 Å². The predicted octanol–water partition coefficient (Wildman–Crippen LogP) is 0.755. The first-order chi connectivity index (χ1) is 10.2. The summed E-state index contributed by atoms with van der Waals surface area (Å²) >= 11 is 0. The monoisotopic (exact) mass is 285 g/mol. The lowest BCUT2D eigenvalue weighted by Crippen LogP contribution is -2.39. The molecule has 2 aromatic rings. The van der Waals surface area contributed by atoms with Crippen molar-refractivity contribution in [2.24, 2.45) is 4.99 Å². The zero-order valence-corrected chi connectivity index (χ0v) is 12.0. The van der Waals surface area contributed by atoms with Crippen molar-refractivity contribution in [3.63, 3.8) is 0 Å². The lowest BCUT2D eigenvalue weighted by Gasteiger charge is -2.07. The average molecular weight is 285 g/mol. The molecule has 0 saturated heterocycles. The minimum atomic E-state index is -0.0908. The van der Waals surface area contributed by atoms with Crippen LogP contribution < -0.4 is 16.0 Å². The van der Waals surface area contributed by atoms with E-state index in [0.717, 1.165) is 30.0 Å². The van der Waals surface area contributed by atoms with E-state index in [0.29, 0.717) is 18.8 Å². The molecule has 0 saturated carbocycles. The Morgan fingerprint density at radius 1 is 1.33 bits per heavy atom. The van der Waals surface area contributed by atoms with E-state index in [1.54, 1.807) is 0 Å². The molecule has 0 atom stereocenters. The van der Waals surface area contributed by atoms with Gasteiger partial charge in [0, 0.05) is 30.5 Å². The van der Waals surface area contributed by atoms with Crippen molar-refractivity contribution < 1.29 is 4.79 Å². The SMILES string of the molecule is Cc1ccc2cc(C(=O)NCCNC3=NCCN3)[nH]c2c1. The van der Waals surface area contributed by atoms with E-state index < -0.39 is 0 Å². The summed E-state index contributed by atoms with van der Waals surface area (Å²) in [4.78, 5) is 19.5. The number of hydrogen-bond donors (Lipinski definition) is 4. The number of guanidine groups is 1. The summed E-state index contributed by atoms with van der Waals surface area (Å²) in [7, 11) is 0. The molecule has 0 radical (unpaired) electrons. The molecule has 1 aliphatic rings. The highest BCUT2D eigenvalue weighted by Gasteiger charge is 2.09. The molecule has 0 fully saturated rings. The van der Waals surface area contributed by atoms with E-state index in [-0.39, 0.29) is 5.91 Å². The summed E-state index contributed by atoms with van der Waals surface area (Å²) in [5.41, 5.74) is 2.75. The van der Waals surface area contributed by atoms with Gasteiger partial charge < -0.3 is 20.9 Å². The smallest absolute Gasteiger partial charge is 0.267 e. The third kappa shape index (κ3) is 3.16. The van der Waals surface area contributed by atoms with Crippen LogP contribution in [0.4, 0.5) is 0 Å². The molecule has 1 aromatic heterocycles. The number of nitrogens with zero attached hydrogens (tertiary/aromatic N) is 1. The maximum absolute atomic E-state index is 12.1. The van der Waals surface area contributed by atoms with E-state index in [1.807, 2.05) is 31.2 Å². The van der Waals surface area contributed by atoms with Crippen molar-refractivity contribution in [3.05, 3.63) is 35.5 Å². The van der Waals surface area contributed by atoms with Crippen molar-refractivity contribution in [2.45, 2.75) is 6.92 Å². The third-order valence-electron chi connectivity index (χ3n) is 3.40. The predicted molar refractivity (Wildman–Crippen MR) is 83.7 cm³/mol. The van der Waals surface area contributed by atoms with Gasteiger partial charge in [-0.2, -0.15) is 0 Å². The van der Waals surface area contributed by atoms with Gasteiger partial charge >= 0.3 is 0 Å². The Labute approximate surface area is 123 Å². The van der Waals surface area contributed by atoms with Crippen LogP contribution in [0.3, 0.4) is 0 Å². The number of aromatic amines is 1. The van der Waals surface area contributed by atoms with Crippen LogP contribution in [-0.4, -0.2) is 43.0 Å². The van der Waals surface area contributed by atoms with Gasteiger partial charge in [0.15, 0.2) is 5.96 Å². The normalized spacial score (nSPS) is 13.9. The summed E-state index contributed by atoms with van der Waals surface area (Å²) in [5.74, 6) is 0.720. The molecule has 1 aromatic carbocycles. The number of H-pyrrole nitrogens is 1. The third-order valence-corrected chi connectivity index (χ3v) is 3.40. The van der Waals surface area contributed by atoms with E-state index in [1.165, 1.54) is 5.56 Å². The van der Waals surface area contributed by atoms with Gasteiger partial charge in [-0.05, 0) is 24.6 Å². The molecule has 6 heteroatoms. The van der Waals surface area contributed by atoms with Crippen LogP contribution in [0.5, 0.6) is 0 Å². The number of aliphatic imine (C=N–C) groups is 1. The Balaban J connectivity index is 1.54. The molecule has 3 rings (SSSR count). The van der Waals surface area contributed by atoms with Crippen molar-refractivity contribution in [1.29, 1.82) is 0 Å². The van der Waals surface area contributed by atoms with E-state index >= 15 is 0 Å². The number of carbonyl (C=O) groups excluding carboxylic acids is 1. The molecule has 4 N–H and O–H groups in total. The summed E-state index contributed by atoms with van der Waals surface area (Å²) in [5, 5.41) is 10.2. The molecule has 2 heterocycles. The molecular formula is C15H19N5O. The Morgan fingerprint density at radius 3 is 3.05 bits per heavy atom. The van der Waals surface area contributed by atoms with Crippen LogP contribution in [0, 0.1) is 6.92 Å². The Kier molecular flexibility index (Phi) is 3.77. The number of carbonyl (C=O) groups is 1. The van der Waals surface area contributed by atoms with E-state index in [4.69, 9.17) is 0 Å². The number of hydrogen-bond acceptors (Lipinski definition) is 4. The first-order valence-corrected chi connectivity index (χ1v) is 7.12. The van der Waals surface area contributed by atoms with E-state index in [2.05, 4.69) is 25.9 Å². The maximum atomic E-state index is 12.1. The van der Waals surface area contributed by atoms with Crippen LogP contribution in [0.2, 0.25) is 0 Å². The van der Waals surface area contributed by atoms with Crippen LogP contribution in [0.1, 0.15) is 16.1 Å². The Bertz CT molecular complexity index is 688. The second kappa shape index (κ2) is 5.87. The first-order valence-electron chi connectivity index (χ1n) is 7.12. The standard InChI is InChI=1S/C15H19N5O/c1-10-2-3-11-9-13(20-12(11)8-10)14(21)16-4-5-17-15-18-6-7-19-15/h2-3,8-9,20H,4-7H2,1H3,(H,16,21)(H2,17,18,19). The molecule has 0 bridgehead atoms. The number of aromatic nitrogens is 1. The lowest BCUT2D eigenvalue weighted by molar-refractivity contribution is 0.0950. The fourth-order valence-electron chi connectivity index (χ4n) is 2.33.